The number of aromatic nitrogens is 3. The molecule has 3 aliphatic rings. The number of likely N-dealkylation sites (N-methyl/N-ethyl adjacent to an activating group) is 1. The van der Waals surface area contributed by atoms with Crippen LogP contribution in [0.2, 0.25) is 5.02 Å². The summed E-state index contributed by atoms with van der Waals surface area (Å²) < 4.78 is 51.4. The maximum Gasteiger partial charge on any atom is 0.573 e. The maximum atomic E-state index is 14.2. The minimum atomic E-state index is -5.09. The molecule has 2 aromatic carbocycles. The van der Waals surface area contributed by atoms with Crippen molar-refractivity contribution in [3.63, 3.8) is 0 Å². The average Bonchev–Trinajstić information content (AvgIpc) is 3.91. The van der Waals surface area contributed by atoms with Crippen LogP contribution in [0.15, 0.2) is 60.9 Å². The van der Waals surface area contributed by atoms with E-state index >= 15 is 0 Å². The van der Waals surface area contributed by atoms with Crippen LogP contribution in [0, 0.1) is 17.3 Å². The molecule has 0 aliphatic carbocycles. The summed E-state index contributed by atoms with van der Waals surface area (Å²) in [5.74, 6) is -0.519. The summed E-state index contributed by atoms with van der Waals surface area (Å²) in [6.07, 6.45) is -1.49. The Kier molecular flexibility index (Phi) is 13.7. The van der Waals surface area contributed by atoms with Crippen molar-refractivity contribution in [3.8, 4) is 28.1 Å². The van der Waals surface area contributed by atoms with Crippen LogP contribution in [-0.4, -0.2) is 123 Å². The summed E-state index contributed by atoms with van der Waals surface area (Å²) in [6.45, 7) is 12.6. The SMILES string of the molecule is CC1CN(C(=O)C(C)(C)C)CCN1c1ccc(NC(=O)c2cc(OC(F)(F)F)c(-c3ccc(-c4cnc([C@@H]5C[C@H](C)CN5C(=O)[C@H](C5CCOCC5)N(C)C(=O)O)[nH]4)cc3)cc2Cl)cn1. The molecule has 0 saturated carbocycles. The third kappa shape index (κ3) is 10.6. The third-order valence-corrected chi connectivity index (χ3v) is 12.6. The van der Waals surface area contributed by atoms with Gasteiger partial charge < -0.3 is 39.6 Å². The number of ether oxygens (including phenoxy) is 2. The molecule has 4 amide bonds. The number of alkyl halides is 3. The second-order valence-electron chi connectivity index (χ2n) is 18.2. The van der Waals surface area contributed by atoms with Crippen LogP contribution < -0.4 is 15.0 Å². The predicted octanol–water partition coefficient (Wildman–Crippen LogP) is 8.34. The van der Waals surface area contributed by atoms with E-state index in [4.69, 9.17) is 16.3 Å². The molecular weight excluding hydrogens is 869 g/mol. The number of H-pyrrole nitrogens is 1. The molecule has 0 bridgehead atoms. The van der Waals surface area contributed by atoms with Gasteiger partial charge in [-0.2, -0.15) is 0 Å². The van der Waals surface area contributed by atoms with Crippen molar-refractivity contribution >= 4 is 46.9 Å². The Morgan fingerprint density at radius 2 is 1.66 bits per heavy atom. The molecule has 4 atom stereocenters. The van der Waals surface area contributed by atoms with Gasteiger partial charge in [0.25, 0.3) is 5.91 Å². The Labute approximate surface area is 380 Å². The molecule has 19 heteroatoms. The van der Waals surface area contributed by atoms with Crippen molar-refractivity contribution in [1.82, 2.24) is 29.7 Å². The molecule has 3 saturated heterocycles. The van der Waals surface area contributed by atoms with Crippen molar-refractivity contribution < 1.29 is 46.9 Å². The normalized spacial score (nSPS) is 20.1. The van der Waals surface area contributed by atoms with E-state index in [0.717, 1.165) is 11.0 Å². The quantitative estimate of drug-likeness (QED) is 0.140. The second-order valence-corrected chi connectivity index (χ2v) is 18.6. The number of piperazine rings is 1. The molecule has 3 fully saturated rings. The van der Waals surface area contributed by atoms with Crippen LogP contribution in [-0.2, 0) is 14.3 Å². The lowest BCUT2D eigenvalue weighted by Crippen LogP contribution is -2.56. The fourth-order valence-electron chi connectivity index (χ4n) is 8.98. The molecule has 2 aromatic heterocycles. The van der Waals surface area contributed by atoms with Crippen LogP contribution >= 0.6 is 11.6 Å². The minimum Gasteiger partial charge on any atom is -0.465 e. The summed E-state index contributed by atoms with van der Waals surface area (Å²) >= 11 is 6.59. The maximum absolute atomic E-state index is 14.2. The van der Waals surface area contributed by atoms with Crippen molar-refractivity contribution in [3.05, 3.63) is 77.3 Å². The summed E-state index contributed by atoms with van der Waals surface area (Å²) in [5, 5.41) is 12.4. The summed E-state index contributed by atoms with van der Waals surface area (Å²) in [6, 6.07) is 10.8. The van der Waals surface area contributed by atoms with Crippen LogP contribution in [0.3, 0.4) is 0 Å². The van der Waals surface area contributed by atoms with Crippen LogP contribution in [0.25, 0.3) is 22.4 Å². The van der Waals surface area contributed by atoms with Crippen molar-refractivity contribution in [1.29, 1.82) is 0 Å². The summed E-state index contributed by atoms with van der Waals surface area (Å²) in [7, 11) is 1.42. The van der Waals surface area contributed by atoms with Gasteiger partial charge in [0.1, 0.15) is 23.4 Å². The van der Waals surface area contributed by atoms with Crippen LogP contribution in [0.5, 0.6) is 5.75 Å². The highest BCUT2D eigenvalue weighted by Crippen LogP contribution is 2.40. The standard InChI is InChI=1S/C46H54ClF3N8O7/c1-26-19-36(58(24-26)42(60)39(55(6)44(62)63)30-13-17-64-18-14-30)40-52-23-35(54-40)29-9-7-28(8-10-29)32-20-34(47)33(21-37(32)65-46(48,49)50)41(59)53-31-11-12-38(51-22-31)57-16-15-56(25-27(57)2)43(61)45(3,4)5/h7-12,20-23,26-27,30,36,39H,13-19,24-25H2,1-6H3,(H,52,54)(H,53,59)(H,62,63)/t26-,27?,36-,39-/m0/s1. The first-order valence-electron chi connectivity index (χ1n) is 21.6. The van der Waals surface area contributed by atoms with Gasteiger partial charge in [0.2, 0.25) is 11.8 Å². The number of amides is 4. The Morgan fingerprint density at radius 3 is 2.28 bits per heavy atom. The number of aromatic amines is 1. The van der Waals surface area contributed by atoms with E-state index < -0.39 is 41.6 Å². The number of anilines is 2. The number of carbonyl (C=O) groups excluding carboxylic acids is 3. The Balaban J connectivity index is 1.06. The first kappa shape index (κ1) is 47.1. The van der Waals surface area contributed by atoms with Crippen molar-refractivity contribution in [2.24, 2.45) is 17.3 Å². The molecule has 65 heavy (non-hydrogen) atoms. The largest absolute Gasteiger partial charge is 0.573 e. The fourth-order valence-corrected chi connectivity index (χ4v) is 9.23. The number of rotatable bonds is 10. The Hall–Kier alpha value is -5.88. The van der Waals surface area contributed by atoms with Crippen LogP contribution in [0.4, 0.5) is 29.5 Å². The molecule has 4 aromatic rings. The number of nitrogens with zero attached hydrogens (tertiary/aromatic N) is 6. The van der Waals surface area contributed by atoms with Gasteiger partial charge in [0.05, 0.1) is 40.4 Å². The van der Waals surface area contributed by atoms with Crippen LogP contribution in [0.1, 0.15) is 76.1 Å². The molecule has 348 valence electrons. The molecule has 5 heterocycles. The molecular formula is C46H54ClF3N8O7. The predicted molar refractivity (Wildman–Crippen MR) is 238 cm³/mol. The van der Waals surface area contributed by atoms with Gasteiger partial charge in [-0.15, -0.1) is 13.2 Å². The fraction of sp³-hybridized carbons (Fsp3) is 0.478. The number of hydrogen-bond donors (Lipinski definition) is 3. The third-order valence-electron chi connectivity index (χ3n) is 12.3. The van der Waals surface area contributed by atoms with Gasteiger partial charge in [-0.1, -0.05) is 63.6 Å². The van der Waals surface area contributed by atoms with E-state index in [9.17, 15) is 37.5 Å². The van der Waals surface area contributed by atoms with Gasteiger partial charge in [-0.25, -0.2) is 14.8 Å². The van der Waals surface area contributed by atoms with Gasteiger partial charge in [0, 0.05) is 63.5 Å². The highest BCUT2D eigenvalue weighted by Gasteiger charge is 2.44. The highest BCUT2D eigenvalue weighted by molar-refractivity contribution is 6.35. The number of benzene rings is 2. The highest BCUT2D eigenvalue weighted by atomic mass is 35.5. The van der Waals surface area contributed by atoms with E-state index in [1.165, 1.54) is 19.3 Å². The molecule has 1 unspecified atom stereocenters. The number of likely N-dealkylation sites (tertiary alicyclic amines) is 1. The smallest absolute Gasteiger partial charge is 0.465 e. The lowest BCUT2D eigenvalue weighted by atomic mass is 9.89. The van der Waals surface area contributed by atoms with Gasteiger partial charge >= 0.3 is 12.5 Å². The van der Waals surface area contributed by atoms with Gasteiger partial charge in [-0.3, -0.25) is 19.3 Å². The van der Waals surface area contributed by atoms with E-state index in [2.05, 4.69) is 29.9 Å². The number of pyridine rings is 1. The molecule has 15 nitrogen and oxygen atoms in total. The molecule has 0 spiro atoms. The van der Waals surface area contributed by atoms with Crippen molar-refractivity contribution in [2.75, 3.05) is 56.7 Å². The number of carbonyl (C=O) groups is 4. The topological polar surface area (TPSA) is 174 Å². The monoisotopic (exact) mass is 922 g/mol. The number of carboxylic acid groups (broad SMARTS) is 1. The Morgan fingerprint density at radius 1 is 0.969 bits per heavy atom. The first-order chi connectivity index (χ1) is 30.7. The van der Waals surface area contributed by atoms with Crippen molar-refractivity contribution in [2.45, 2.75) is 78.4 Å². The number of imidazole rings is 1. The average molecular weight is 923 g/mol. The Bertz CT molecular complexity index is 2390. The molecule has 3 N–H and O–H groups in total. The van der Waals surface area contributed by atoms with E-state index in [1.54, 1.807) is 47.5 Å². The second kappa shape index (κ2) is 18.9. The zero-order valence-corrected chi connectivity index (χ0v) is 37.9. The lowest BCUT2D eigenvalue weighted by Gasteiger charge is -2.42. The van der Waals surface area contributed by atoms with Gasteiger partial charge in [0.15, 0.2) is 0 Å². The number of halogens is 4. The van der Waals surface area contributed by atoms with Gasteiger partial charge in [-0.05, 0) is 73.4 Å². The van der Waals surface area contributed by atoms with E-state index in [0.29, 0.717) is 87.1 Å². The van der Waals surface area contributed by atoms with E-state index in [-0.39, 0.29) is 51.5 Å². The molecule has 7 rings (SSSR count). The summed E-state index contributed by atoms with van der Waals surface area (Å²) in [5.41, 5.74) is 1.09. The minimum absolute atomic E-state index is 0.00956. The number of hydrogen-bond acceptors (Lipinski definition) is 9. The molecule has 0 radical (unpaired) electrons. The first-order valence-corrected chi connectivity index (χ1v) is 22.0. The molecule has 3 aliphatic heterocycles. The zero-order valence-electron chi connectivity index (χ0n) is 37.1. The number of nitrogens with one attached hydrogen (secondary N) is 2. The lowest BCUT2D eigenvalue weighted by molar-refractivity contribution is -0.274. The zero-order chi connectivity index (χ0) is 47.0. The summed E-state index contributed by atoms with van der Waals surface area (Å²) in [4.78, 5) is 71.8. The van der Waals surface area contributed by atoms with E-state index in [1.807, 2.05) is 39.5 Å².